The standard InChI is InChI=1S/C25H39NO11/c1-11-19(34-12(2)27)22(35-13(3)28)23(36-14(4)29)25(33-11)37-17-8-7-15-18(21(17)31-6)26-24-16(9-10-32-24)20(15)30-5/h11,15-26H,7-10H2,1-6H3/t11-,15?,16?,17?,18?,19-,20?,21?,22+,23+,24?,25+/m1/s1. The summed E-state index contributed by atoms with van der Waals surface area (Å²) in [7, 11) is 3.36. The van der Waals surface area contributed by atoms with Gasteiger partial charge in [-0.05, 0) is 26.2 Å². The van der Waals surface area contributed by atoms with Gasteiger partial charge in [-0.2, -0.15) is 0 Å². The molecule has 3 aliphatic heterocycles. The van der Waals surface area contributed by atoms with Crippen LogP contribution < -0.4 is 5.32 Å². The average Bonchev–Trinajstić information content (AvgIpc) is 3.29. The number of methoxy groups -OCH3 is 2. The van der Waals surface area contributed by atoms with Crippen LogP contribution in [0.2, 0.25) is 0 Å². The SMILES string of the molecule is COC1C2CCOC2NC2C1CCC(O[C@@H]1O[C@H](C)[C@@H](OC(C)=O)[C@H](OC(C)=O)[C@@H]1OC(C)=O)C2OC. The van der Waals surface area contributed by atoms with Crippen molar-refractivity contribution in [3.05, 3.63) is 0 Å². The molecule has 1 N–H and O–H groups in total. The summed E-state index contributed by atoms with van der Waals surface area (Å²) in [6, 6.07) is -0.0979. The fraction of sp³-hybridized carbons (Fsp3) is 0.880. The van der Waals surface area contributed by atoms with Crippen molar-refractivity contribution >= 4 is 17.9 Å². The number of carbonyl (C=O) groups is 3. The van der Waals surface area contributed by atoms with Crippen LogP contribution in [0.3, 0.4) is 0 Å². The highest BCUT2D eigenvalue weighted by molar-refractivity contribution is 5.68. The third-order valence-electron chi connectivity index (χ3n) is 7.79. The fourth-order valence-electron chi connectivity index (χ4n) is 6.43. The molecular formula is C25H39NO11. The molecule has 12 nitrogen and oxygen atoms in total. The Labute approximate surface area is 216 Å². The molecule has 210 valence electrons. The van der Waals surface area contributed by atoms with Crippen molar-refractivity contribution in [1.29, 1.82) is 0 Å². The van der Waals surface area contributed by atoms with Gasteiger partial charge in [0.05, 0.1) is 24.4 Å². The quantitative estimate of drug-likeness (QED) is 0.367. The molecule has 4 fully saturated rings. The van der Waals surface area contributed by atoms with Crippen molar-refractivity contribution in [2.24, 2.45) is 11.8 Å². The molecule has 1 saturated carbocycles. The molecule has 3 heterocycles. The van der Waals surface area contributed by atoms with Crippen LogP contribution in [0, 0.1) is 11.8 Å². The summed E-state index contributed by atoms with van der Waals surface area (Å²) in [5, 5.41) is 3.61. The second-order valence-corrected chi connectivity index (χ2v) is 10.2. The number of hydrogen-bond acceptors (Lipinski definition) is 12. The minimum Gasteiger partial charge on any atom is -0.456 e. The highest BCUT2D eigenvalue weighted by Gasteiger charge is 2.56. The zero-order chi connectivity index (χ0) is 26.9. The Bertz CT molecular complexity index is 839. The van der Waals surface area contributed by atoms with Gasteiger partial charge >= 0.3 is 17.9 Å². The van der Waals surface area contributed by atoms with E-state index in [9.17, 15) is 14.4 Å². The highest BCUT2D eigenvalue weighted by Crippen LogP contribution is 2.43. The topological polar surface area (TPSA) is 137 Å². The van der Waals surface area contributed by atoms with E-state index in [4.69, 9.17) is 37.9 Å². The number of ether oxygens (including phenoxy) is 8. The number of nitrogens with one attached hydrogen (secondary N) is 1. The van der Waals surface area contributed by atoms with Gasteiger partial charge in [-0.3, -0.25) is 19.7 Å². The number of carbonyl (C=O) groups excluding carboxylic acids is 3. The van der Waals surface area contributed by atoms with Crippen molar-refractivity contribution in [3.63, 3.8) is 0 Å². The van der Waals surface area contributed by atoms with Crippen molar-refractivity contribution in [2.45, 2.75) is 108 Å². The summed E-state index contributed by atoms with van der Waals surface area (Å²) >= 11 is 0. The summed E-state index contributed by atoms with van der Waals surface area (Å²) in [6.07, 6.45) is -3.57. The molecule has 7 unspecified atom stereocenters. The minimum atomic E-state index is -1.16. The van der Waals surface area contributed by atoms with E-state index in [0.717, 1.165) is 12.8 Å². The zero-order valence-electron chi connectivity index (χ0n) is 22.2. The van der Waals surface area contributed by atoms with Crippen LogP contribution in [0.25, 0.3) is 0 Å². The third-order valence-corrected chi connectivity index (χ3v) is 7.79. The van der Waals surface area contributed by atoms with E-state index in [0.29, 0.717) is 13.0 Å². The Kier molecular flexibility index (Phi) is 9.08. The first kappa shape index (κ1) is 28.2. The molecule has 1 aliphatic carbocycles. The Morgan fingerprint density at radius 3 is 2.00 bits per heavy atom. The van der Waals surface area contributed by atoms with Gasteiger partial charge in [0.1, 0.15) is 6.23 Å². The first-order chi connectivity index (χ1) is 17.6. The number of piperidine rings is 1. The van der Waals surface area contributed by atoms with E-state index < -0.39 is 54.7 Å². The molecule has 0 aromatic rings. The fourth-order valence-corrected chi connectivity index (χ4v) is 6.43. The minimum absolute atomic E-state index is 0.0370. The van der Waals surface area contributed by atoms with Crippen molar-refractivity contribution < 1.29 is 52.3 Å². The van der Waals surface area contributed by atoms with E-state index in [1.807, 2.05) is 0 Å². The summed E-state index contributed by atoms with van der Waals surface area (Å²) < 4.78 is 46.7. The molecule has 3 saturated heterocycles. The number of hydrogen-bond donors (Lipinski definition) is 1. The lowest BCUT2D eigenvalue weighted by molar-refractivity contribution is -0.321. The second-order valence-electron chi connectivity index (χ2n) is 10.2. The Balaban J connectivity index is 1.56. The summed E-state index contributed by atoms with van der Waals surface area (Å²) in [5.41, 5.74) is 0. The molecule has 12 heteroatoms. The van der Waals surface area contributed by atoms with Gasteiger partial charge in [0.15, 0.2) is 24.6 Å². The Morgan fingerprint density at radius 2 is 1.38 bits per heavy atom. The number of fused-ring (bicyclic) bond motifs is 2. The van der Waals surface area contributed by atoms with Gasteiger partial charge in [0.2, 0.25) is 0 Å². The van der Waals surface area contributed by atoms with E-state index in [1.54, 1.807) is 21.1 Å². The average molecular weight is 530 g/mol. The van der Waals surface area contributed by atoms with Crippen molar-refractivity contribution in [2.75, 3.05) is 20.8 Å². The maximum atomic E-state index is 12.0. The van der Waals surface area contributed by atoms with Crippen LogP contribution >= 0.6 is 0 Å². The maximum Gasteiger partial charge on any atom is 0.303 e. The largest absolute Gasteiger partial charge is 0.456 e. The van der Waals surface area contributed by atoms with Crippen LogP contribution in [0.5, 0.6) is 0 Å². The molecule has 0 aromatic carbocycles. The molecule has 0 bridgehead atoms. The van der Waals surface area contributed by atoms with Gasteiger partial charge in [0, 0.05) is 59.5 Å². The molecule has 0 amide bonds. The van der Waals surface area contributed by atoms with E-state index in [2.05, 4.69) is 5.32 Å². The highest BCUT2D eigenvalue weighted by atomic mass is 16.7. The second kappa shape index (κ2) is 11.9. The predicted octanol–water partition coefficient (Wildman–Crippen LogP) is 0.686. The van der Waals surface area contributed by atoms with E-state index in [1.165, 1.54) is 20.8 Å². The van der Waals surface area contributed by atoms with Crippen LogP contribution in [-0.4, -0.2) is 100 Å². The van der Waals surface area contributed by atoms with Crippen LogP contribution in [0.4, 0.5) is 0 Å². The first-order valence-corrected chi connectivity index (χ1v) is 12.9. The maximum absolute atomic E-state index is 12.0. The van der Waals surface area contributed by atoms with Crippen LogP contribution in [0.15, 0.2) is 0 Å². The molecule has 0 aromatic heterocycles. The van der Waals surface area contributed by atoms with Gasteiger partial charge in [-0.15, -0.1) is 0 Å². The molecule has 0 radical (unpaired) electrons. The lowest BCUT2D eigenvalue weighted by atomic mass is 9.70. The van der Waals surface area contributed by atoms with Crippen molar-refractivity contribution in [3.8, 4) is 0 Å². The van der Waals surface area contributed by atoms with Crippen molar-refractivity contribution in [1.82, 2.24) is 5.32 Å². The molecule has 0 spiro atoms. The molecule has 4 aliphatic rings. The zero-order valence-corrected chi connectivity index (χ0v) is 22.2. The third kappa shape index (κ3) is 5.94. The summed E-state index contributed by atoms with van der Waals surface area (Å²) in [4.78, 5) is 35.7. The number of rotatable bonds is 7. The normalized spacial score (nSPS) is 43.3. The lowest BCUT2D eigenvalue weighted by Crippen LogP contribution is -2.68. The van der Waals surface area contributed by atoms with Gasteiger partial charge < -0.3 is 37.9 Å². The molecule has 12 atom stereocenters. The Morgan fingerprint density at radius 1 is 0.757 bits per heavy atom. The van der Waals surface area contributed by atoms with Gasteiger partial charge in [-0.25, -0.2) is 0 Å². The van der Waals surface area contributed by atoms with E-state index in [-0.39, 0.29) is 36.3 Å². The molecule has 4 rings (SSSR count). The molecule has 37 heavy (non-hydrogen) atoms. The van der Waals surface area contributed by atoms with Crippen LogP contribution in [0.1, 0.15) is 47.0 Å². The number of esters is 3. The Hall–Kier alpha value is -1.83. The first-order valence-electron chi connectivity index (χ1n) is 12.9. The monoisotopic (exact) mass is 529 g/mol. The predicted molar refractivity (Wildman–Crippen MR) is 125 cm³/mol. The van der Waals surface area contributed by atoms with Gasteiger partial charge in [0.25, 0.3) is 0 Å². The molecular weight excluding hydrogens is 490 g/mol. The summed E-state index contributed by atoms with van der Waals surface area (Å²) in [6.45, 7) is 6.06. The summed E-state index contributed by atoms with van der Waals surface area (Å²) in [5.74, 6) is -1.34. The van der Waals surface area contributed by atoms with E-state index >= 15 is 0 Å². The van der Waals surface area contributed by atoms with Gasteiger partial charge in [-0.1, -0.05) is 0 Å². The lowest BCUT2D eigenvalue weighted by Gasteiger charge is -2.52. The smallest absolute Gasteiger partial charge is 0.303 e. The van der Waals surface area contributed by atoms with Crippen LogP contribution in [-0.2, 0) is 52.3 Å².